The zero-order valence-corrected chi connectivity index (χ0v) is 15.2. The highest BCUT2D eigenvalue weighted by Crippen LogP contribution is 2.30. The van der Waals surface area contributed by atoms with E-state index in [0.717, 1.165) is 4.47 Å². The average Bonchev–Trinajstić information content (AvgIpc) is 2.45. The first-order chi connectivity index (χ1) is 10.9. The molecule has 0 aliphatic rings. The van der Waals surface area contributed by atoms with Crippen molar-refractivity contribution in [3.63, 3.8) is 0 Å². The lowest BCUT2D eigenvalue weighted by Crippen LogP contribution is -2.20. The Morgan fingerprint density at radius 1 is 1.22 bits per heavy atom. The van der Waals surface area contributed by atoms with E-state index in [1.165, 1.54) is 25.3 Å². The van der Waals surface area contributed by atoms with Gasteiger partial charge < -0.3 is 20.5 Å². The van der Waals surface area contributed by atoms with Crippen LogP contribution in [0.4, 0.5) is 20.6 Å². The van der Waals surface area contributed by atoms with Crippen molar-refractivity contribution in [2.75, 3.05) is 17.7 Å². The molecule has 23 heavy (non-hydrogen) atoms. The summed E-state index contributed by atoms with van der Waals surface area (Å²) in [5, 5.41) is 14.5. The topological polar surface area (TPSA) is 70.6 Å². The molecule has 0 radical (unpaired) electrons. The molecule has 0 fully saturated rings. The third kappa shape index (κ3) is 4.66. The van der Waals surface area contributed by atoms with Gasteiger partial charge in [0.05, 0.1) is 19.4 Å². The Labute approximate surface area is 149 Å². The Kier molecular flexibility index (Phi) is 5.97. The molecule has 122 valence electrons. The van der Waals surface area contributed by atoms with Crippen molar-refractivity contribution in [1.82, 2.24) is 0 Å². The van der Waals surface area contributed by atoms with E-state index < -0.39 is 11.8 Å². The molecule has 2 aromatic carbocycles. The highest BCUT2D eigenvalue weighted by molar-refractivity contribution is 9.11. The molecule has 0 spiro atoms. The van der Waals surface area contributed by atoms with Crippen LogP contribution < -0.4 is 15.4 Å². The van der Waals surface area contributed by atoms with Gasteiger partial charge in [0.1, 0.15) is 11.6 Å². The van der Waals surface area contributed by atoms with Crippen molar-refractivity contribution in [2.45, 2.75) is 6.61 Å². The van der Waals surface area contributed by atoms with Gasteiger partial charge in [-0.3, -0.25) is 0 Å². The first-order valence-corrected chi connectivity index (χ1v) is 8.03. The normalized spacial score (nSPS) is 10.3. The van der Waals surface area contributed by atoms with Crippen molar-refractivity contribution in [2.24, 2.45) is 0 Å². The quantitative estimate of drug-likeness (QED) is 0.646. The predicted octanol–water partition coefficient (Wildman–Crippen LogP) is 4.50. The molecule has 3 N–H and O–H groups in total. The molecule has 5 nitrogen and oxygen atoms in total. The summed E-state index contributed by atoms with van der Waals surface area (Å²) in [6, 6.07) is 6.71. The van der Waals surface area contributed by atoms with Crippen LogP contribution in [0, 0.1) is 5.82 Å². The first-order valence-electron chi connectivity index (χ1n) is 6.44. The molecule has 0 heterocycles. The van der Waals surface area contributed by atoms with Crippen molar-refractivity contribution in [3.8, 4) is 5.75 Å². The number of halogens is 3. The highest BCUT2D eigenvalue weighted by atomic mass is 79.9. The maximum atomic E-state index is 13.4. The van der Waals surface area contributed by atoms with E-state index in [-0.39, 0.29) is 12.3 Å². The summed E-state index contributed by atoms with van der Waals surface area (Å²) in [5.41, 5.74) is 1.20. The minimum absolute atomic E-state index is 0.249. The number of aliphatic hydroxyl groups is 1. The second kappa shape index (κ2) is 7.76. The molecule has 0 saturated heterocycles. The van der Waals surface area contributed by atoms with Gasteiger partial charge in [-0.1, -0.05) is 31.9 Å². The van der Waals surface area contributed by atoms with Gasteiger partial charge >= 0.3 is 6.03 Å². The van der Waals surface area contributed by atoms with Crippen molar-refractivity contribution in [1.29, 1.82) is 0 Å². The van der Waals surface area contributed by atoms with Gasteiger partial charge in [0.2, 0.25) is 0 Å². The fraction of sp³-hybridized carbons (Fsp3) is 0.133. The van der Waals surface area contributed by atoms with Crippen LogP contribution in [0.25, 0.3) is 0 Å². The number of anilines is 2. The SMILES string of the molecule is COc1cc(F)cc(NC(=O)Nc2cc(Br)cc(Br)c2CO)c1. The molecule has 0 aromatic heterocycles. The molecule has 0 aliphatic heterocycles. The number of hydrogen-bond donors (Lipinski definition) is 3. The Morgan fingerprint density at radius 2 is 1.96 bits per heavy atom. The minimum Gasteiger partial charge on any atom is -0.497 e. The third-order valence-corrected chi connectivity index (χ3v) is 4.10. The number of benzene rings is 2. The van der Waals surface area contributed by atoms with Crippen LogP contribution in [0.5, 0.6) is 5.75 Å². The third-order valence-electron chi connectivity index (χ3n) is 2.93. The molecule has 0 atom stereocenters. The summed E-state index contributed by atoms with van der Waals surface area (Å²) < 4.78 is 19.7. The van der Waals surface area contributed by atoms with Gasteiger partial charge in [-0.15, -0.1) is 0 Å². The maximum absolute atomic E-state index is 13.4. The summed E-state index contributed by atoms with van der Waals surface area (Å²) in [5.74, 6) is -0.234. The van der Waals surface area contributed by atoms with E-state index in [9.17, 15) is 14.3 Å². The van der Waals surface area contributed by atoms with Crippen LogP contribution in [0.15, 0.2) is 39.3 Å². The summed E-state index contributed by atoms with van der Waals surface area (Å²) in [7, 11) is 1.41. The molecule has 2 aromatic rings. The number of carbonyl (C=O) groups is 1. The van der Waals surface area contributed by atoms with Crippen LogP contribution in [0.3, 0.4) is 0 Å². The minimum atomic E-state index is -0.572. The monoisotopic (exact) mass is 446 g/mol. The smallest absolute Gasteiger partial charge is 0.323 e. The number of rotatable bonds is 4. The van der Waals surface area contributed by atoms with E-state index in [2.05, 4.69) is 42.5 Å². The van der Waals surface area contributed by atoms with Crippen molar-refractivity contribution >= 4 is 49.3 Å². The number of hydrogen-bond acceptors (Lipinski definition) is 3. The zero-order chi connectivity index (χ0) is 17.0. The fourth-order valence-corrected chi connectivity index (χ4v) is 3.26. The molecule has 8 heteroatoms. The zero-order valence-electron chi connectivity index (χ0n) is 12.0. The number of methoxy groups -OCH3 is 1. The second-order valence-corrected chi connectivity index (χ2v) is 6.30. The molecule has 2 amide bonds. The van der Waals surface area contributed by atoms with Gasteiger partial charge in [0.25, 0.3) is 0 Å². The number of nitrogens with one attached hydrogen (secondary N) is 2. The standard InChI is InChI=1S/C15H13Br2FN2O3/c1-23-11-5-9(18)4-10(6-11)19-15(22)20-14-3-8(16)2-13(17)12(14)7-21/h2-6,21H,7H2,1H3,(H2,19,20,22). The summed E-state index contributed by atoms with van der Waals surface area (Å²) in [6.45, 7) is -0.253. The van der Waals surface area contributed by atoms with E-state index in [4.69, 9.17) is 4.74 Å². The second-order valence-electron chi connectivity index (χ2n) is 4.53. The van der Waals surface area contributed by atoms with Crippen LogP contribution in [0.1, 0.15) is 5.56 Å². The van der Waals surface area contributed by atoms with Crippen LogP contribution in [-0.4, -0.2) is 18.2 Å². The fourth-order valence-electron chi connectivity index (χ4n) is 1.91. The molecule has 0 unspecified atom stereocenters. The van der Waals surface area contributed by atoms with E-state index >= 15 is 0 Å². The molecule has 0 saturated carbocycles. The Balaban J connectivity index is 2.19. The lowest BCUT2D eigenvalue weighted by Gasteiger charge is -2.13. The van der Waals surface area contributed by atoms with Gasteiger partial charge in [-0.2, -0.15) is 0 Å². The maximum Gasteiger partial charge on any atom is 0.323 e. The number of amides is 2. The van der Waals surface area contributed by atoms with Gasteiger partial charge in [0, 0.05) is 32.3 Å². The Bertz CT molecular complexity index is 741. The highest BCUT2D eigenvalue weighted by Gasteiger charge is 2.12. The largest absolute Gasteiger partial charge is 0.497 e. The number of carbonyl (C=O) groups excluding carboxylic acids is 1. The van der Waals surface area contributed by atoms with Gasteiger partial charge in [-0.05, 0) is 18.2 Å². The molecular weight excluding hydrogens is 435 g/mol. The van der Waals surface area contributed by atoms with Gasteiger partial charge in [-0.25, -0.2) is 9.18 Å². The lowest BCUT2D eigenvalue weighted by atomic mass is 10.2. The first kappa shape index (κ1) is 17.7. The lowest BCUT2D eigenvalue weighted by molar-refractivity contribution is 0.262. The van der Waals surface area contributed by atoms with Gasteiger partial charge in [0.15, 0.2) is 0 Å². The molecule has 2 rings (SSSR count). The van der Waals surface area contributed by atoms with E-state index in [1.807, 2.05) is 0 Å². The van der Waals surface area contributed by atoms with Crippen LogP contribution >= 0.6 is 31.9 Å². The summed E-state index contributed by atoms with van der Waals surface area (Å²) in [6.07, 6.45) is 0. The van der Waals surface area contributed by atoms with Crippen molar-refractivity contribution < 1.29 is 19.0 Å². The van der Waals surface area contributed by atoms with E-state index in [0.29, 0.717) is 21.5 Å². The predicted molar refractivity (Wildman–Crippen MR) is 93.4 cm³/mol. The average molecular weight is 448 g/mol. The van der Waals surface area contributed by atoms with Crippen LogP contribution in [0.2, 0.25) is 0 Å². The molecular formula is C15H13Br2FN2O3. The number of ether oxygens (including phenoxy) is 1. The number of aliphatic hydroxyl groups excluding tert-OH is 1. The Morgan fingerprint density at radius 3 is 2.61 bits per heavy atom. The van der Waals surface area contributed by atoms with Crippen molar-refractivity contribution in [3.05, 3.63) is 50.7 Å². The summed E-state index contributed by atoms with van der Waals surface area (Å²) in [4.78, 5) is 12.1. The van der Waals surface area contributed by atoms with E-state index in [1.54, 1.807) is 12.1 Å². The molecule has 0 bridgehead atoms. The molecule has 0 aliphatic carbocycles. The Hall–Kier alpha value is -1.64. The summed E-state index contributed by atoms with van der Waals surface area (Å²) >= 11 is 6.63. The number of urea groups is 1. The van der Waals surface area contributed by atoms with Crippen LogP contribution in [-0.2, 0) is 6.61 Å².